The van der Waals surface area contributed by atoms with Crippen LogP contribution in [0.2, 0.25) is 0 Å². The van der Waals surface area contributed by atoms with E-state index in [0.717, 1.165) is 22.5 Å². The summed E-state index contributed by atoms with van der Waals surface area (Å²) in [7, 11) is 6.41. The molecule has 0 bridgehead atoms. The van der Waals surface area contributed by atoms with Gasteiger partial charge in [0.1, 0.15) is 19.1 Å². The minimum atomic E-state index is -0.361. The summed E-state index contributed by atoms with van der Waals surface area (Å²) >= 11 is 3.52. The van der Waals surface area contributed by atoms with Gasteiger partial charge in [-0.15, -0.1) is 16.2 Å². The Kier molecular flexibility index (Phi) is 94.2. The first kappa shape index (κ1) is 99.3. The molecule has 22 heteroatoms. The van der Waals surface area contributed by atoms with Crippen molar-refractivity contribution in [2.24, 2.45) is 7.05 Å². The maximum absolute atomic E-state index is 11.9. The molecule has 0 saturated carbocycles. The minimum Gasteiger partial charge on any atom is -0.472 e. The first-order valence-corrected chi connectivity index (χ1v) is 27.4. The summed E-state index contributed by atoms with van der Waals surface area (Å²) in [5.41, 5.74) is 10.9. The molecule has 88 heavy (non-hydrogen) atoms. The number of aromatic nitrogens is 6. The van der Waals surface area contributed by atoms with Gasteiger partial charge in [0.25, 0.3) is 0 Å². The predicted molar refractivity (Wildman–Crippen MR) is 350 cm³/mol. The average molecular weight is 1300 g/mol. The molecule has 8 aromatic heterocycles. The topological polar surface area (TPSA) is 87.7 Å². The summed E-state index contributed by atoms with van der Waals surface area (Å²) in [6, 6.07) is 34.7. The van der Waals surface area contributed by atoms with Crippen LogP contribution in [0.15, 0.2) is 203 Å². The van der Waals surface area contributed by atoms with E-state index < -0.39 is 0 Å². The molecule has 0 aliphatic rings. The van der Waals surface area contributed by atoms with Gasteiger partial charge in [-0.25, -0.2) is 8.78 Å². The molecule has 10 rings (SSSR count). The van der Waals surface area contributed by atoms with Crippen molar-refractivity contribution in [3.05, 3.63) is 260 Å². The van der Waals surface area contributed by atoms with E-state index in [1.54, 1.807) is 95.9 Å². The van der Waals surface area contributed by atoms with E-state index in [-0.39, 0.29) is 18.3 Å². The lowest BCUT2D eigenvalue weighted by Gasteiger charge is -1.92. The number of halogens is 12. The number of benzene rings is 2. The lowest BCUT2D eigenvalue weighted by atomic mass is 10.2. The van der Waals surface area contributed by atoms with Crippen LogP contribution in [0.4, 0.5) is 52.8 Å². The first-order valence-electron chi connectivity index (χ1n) is 25.6. The van der Waals surface area contributed by atoms with Gasteiger partial charge in [0.15, 0.2) is 0 Å². The Bertz CT molecular complexity index is 2370. The first-order chi connectivity index (χ1) is 42.6. The molecule has 0 N–H and O–H groups in total. The van der Waals surface area contributed by atoms with Crippen LogP contribution in [0.5, 0.6) is 0 Å². The fourth-order valence-electron chi connectivity index (χ4n) is 4.54. The van der Waals surface area contributed by atoms with Crippen LogP contribution in [0.1, 0.15) is 66.3 Å². The SMILES string of the molecule is CF.CF.CF.CF.CF.CF.CF.CF.CF.Cc1ccc(CF)cc1.Cc1ccc(CF)cc1.Cc1cccnc1.Cc1ccco1.Cc1cccs1.Cc1ccncc1.Cc1ccoc1.Cc1ccsc1.Cc1cnn(C)c1.Cc1cnn(F)c1. The van der Waals surface area contributed by atoms with Gasteiger partial charge in [-0.2, -0.15) is 21.5 Å². The molecule has 0 saturated heterocycles. The molecule has 0 amide bonds. The molecule has 0 aliphatic carbocycles. The number of pyridine rings is 2. The second kappa shape index (κ2) is 83.5. The molecule has 0 unspecified atom stereocenters. The maximum Gasteiger partial charge on any atom is 0.115 e. The van der Waals surface area contributed by atoms with Gasteiger partial charge in [0, 0.05) is 42.9 Å². The summed E-state index contributed by atoms with van der Waals surface area (Å²) in [6.07, 6.45) is 18.8. The number of aryl methyl sites for hydroxylation is 11. The van der Waals surface area contributed by atoms with Crippen molar-refractivity contribution in [2.45, 2.75) is 82.6 Å². The van der Waals surface area contributed by atoms with Crippen molar-refractivity contribution >= 4 is 22.7 Å². The van der Waals surface area contributed by atoms with Crippen LogP contribution in [0.3, 0.4) is 0 Å². The highest BCUT2D eigenvalue weighted by Crippen LogP contribution is 2.06. The number of rotatable bonds is 2. The van der Waals surface area contributed by atoms with Crippen LogP contribution in [0.25, 0.3) is 0 Å². The highest BCUT2D eigenvalue weighted by Gasteiger charge is 1.89. The second-order valence-corrected chi connectivity index (χ2v) is 17.4. The lowest BCUT2D eigenvalue weighted by molar-refractivity contribution is 0.316. The quantitative estimate of drug-likeness (QED) is 0.160. The number of hydrogen-bond acceptors (Lipinski definition) is 8. The number of thiophene rings is 2. The van der Waals surface area contributed by atoms with Gasteiger partial charge in [-0.05, 0) is 178 Å². The maximum atomic E-state index is 11.9. The molecule has 10 aromatic rings. The Morgan fingerprint density at radius 2 is 0.886 bits per heavy atom. The van der Waals surface area contributed by atoms with Crippen LogP contribution < -0.4 is 0 Å². The van der Waals surface area contributed by atoms with Gasteiger partial charge in [-0.1, -0.05) is 76.3 Å². The zero-order chi connectivity index (χ0) is 69.8. The van der Waals surface area contributed by atoms with Crippen molar-refractivity contribution in [1.29, 1.82) is 0 Å². The molecule has 8 heterocycles. The van der Waals surface area contributed by atoms with Gasteiger partial charge in [-0.3, -0.25) is 54.2 Å². The standard InChI is InChI=1S/2C8H9F.2C6H7N.C5H8N2.2C5H6O.2C5H6S.C4H5FN2.9CH3F/c2*1-7-2-4-8(6-9)5-3-7;1-6-2-4-7-5-3-6;1-6-3-2-4-7-5-6;1-5-3-6-7(2)4-5;1-5-2-3-6-4-5;1-5-3-2-4-6-5;1-5-2-3-6-4-5;1-5-3-2-4-6-5;1-4-2-6-7(5)3-4;9*1-2/h2*2-5H,6H2,1H3;2*2-5H,1H3;3-4H,1-2H3;4*2-4H,1H3;2-3H,1H3;9*1H3. The zero-order valence-electron chi connectivity index (χ0n) is 54.7. The normalized spacial score (nSPS) is 7.86. The third-order valence-electron chi connectivity index (χ3n) is 8.38. The second-order valence-electron chi connectivity index (χ2n) is 15.4. The Morgan fingerprint density at radius 3 is 1.05 bits per heavy atom. The van der Waals surface area contributed by atoms with E-state index in [9.17, 15) is 52.8 Å². The molecule has 0 radical (unpaired) electrons. The number of hydrogen-bond donors (Lipinski definition) is 0. The van der Waals surface area contributed by atoms with Crippen molar-refractivity contribution in [3.63, 3.8) is 0 Å². The molecule has 2 aromatic carbocycles. The molecule has 498 valence electrons. The summed E-state index contributed by atoms with van der Waals surface area (Å²) in [5.74, 6) is 0.968. The highest BCUT2D eigenvalue weighted by atomic mass is 32.1. The summed E-state index contributed by atoms with van der Waals surface area (Å²) in [4.78, 5) is 9.40. The third kappa shape index (κ3) is 76.3. The summed E-state index contributed by atoms with van der Waals surface area (Å²) in [5, 5.41) is 13.5. The number of furan rings is 2. The van der Waals surface area contributed by atoms with E-state index in [2.05, 4.69) is 68.4 Å². The zero-order valence-corrected chi connectivity index (χ0v) is 56.4. The highest BCUT2D eigenvalue weighted by molar-refractivity contribution is 7.09. The fourth-order valence-corrected chi connectivity index (χ4v) is 5.73. The van der Waals surface area contributed by atoms with Crippen LogP contribution in [0, 0.1) is 69.2 Å². The molecular formula is C66H96F12N6O2S2. The van der Waals surface area contributed by atoms with Gasteiger partial charge < -0.3 is 8.83 Å². The predicted octanol–water partition coefficient (Wildman–Crippen LogP) is 21.9. The van der Waals surface area contributed by atoms with Crippen molar-refractivity contribution in [3.8, 4) is 0 Å². The van der Waals surface area contributed by atoms with Crippen LogP contribution in [-0.2, 0) is 20.4 Å². The Morgan fingerprint density at radius 1 is 0.409 bits per heavy atom. The third-order valence-corrected chi connectivity index (χ3v) is 9.98. The Labute approximate surface area is 526 Å². The Balaban J connectivity index is -0.000000110. The van der Waals surface area contributed by atoms with Crippen LogP contribution >= 0.6 is 22.7 Å². The molecule has 0 aliphatic heterocycles. The van der Waals surface area contributed by atoms with E-state index in [0.29, 0.717) is 64.6 Å². The molecule has 0 atom stereocenters. The number of nitrogens with zero attached hydrogens (tertiary/aromatic N) is 6. The van der Waals surface area contributed by atoms with E-state index in [1.165, 1.54) is 56.2 Å². The van der Waals surface area contributed by atoms with Gasteiger partial charge in [0.05, 0.1) is 102 Å². The summed E-state index contributed by atoms with van der Waals surface area (Å²) in [6.45, 7) is 19.2. The van der Waals surface area contributed by atoms with Gasteiger partial charge >= 0.3 is 0 Å². The van der Waals surface area contributed by atoms with Gasteiger partial charge in [0.2, 0.25) is 0 Å². The smallest absolute Gasteiger partial charge is 0.115 e. The molecule has 0 fully saturated rings. The van der Waals surface area contributed by atoms with E-state index in [1.807, 2.05) is 141 Å². The van der Waals surface area contributed by atoms with E-state index >= 15 is 0 Å². The van der Waals surface area contributed by atoms with Crippen molar-refractivity contribution in [2.75, 3.05) is 64.6 Å². The fraction of sp³-hybridized carbons (Fsp3) is 0.333. The summed E-state index contributed by atoms with van der Waals surface area (Å²) < 4.78 is 132. The lowest BCUT2D eigenvalue weighted by Crippen LogP contribution is -1.83. The van der Waals surface area contributed by atoms with Crippen LogP contribution in [-0.4, -0.2) is 94.3 Å². The average Bonchev–Trinajstić information content (AvgIpc) is 4.52. The van der Waals surface area contributed by atoms with Crippen molar-refractivity contribution < 1.29 is 61.6 Å². The molecule has 0 spiro atoms. The van der Waals surface area contributed by atoms with E-state index in [4.69, 9.17) is 8.83 Å². The molecule has 8 nitrogen and oxygen atoms in total. The van der Waals surface area contributed by atoms with Crippen molar-refractivity contribution in [1.82, 2.24) is 29.8 Å². The monoisotopic (exact) mass is 1300 g/mol. The largest absolute Gasteiger partial charge is 0.472 e. The molecular weight excluding hydrogens is 1200 g/mol. The Hall–Kier alpha value is -7.72. The minimum absolute atomic E-state index is 0.287. The number of alkyl halides is 11.